The van der Waals surface area contributed by atoms with Gasteiger partial charge in [-0.2, -0.15) is 0 Å². The Hall–Kier alpha value is -0.860. The summed E-state index contributed by atoms with van der Waals surface area (Å²) in [6.45, 7) is 3.38. The predicted octanol–water partition coefficient (Wildman–Crippen LogP) is -0.566. The van der Waals surface area contributed by atoms with Gasteiger partial charge in [-0.05, 0) is 19.8 Å². The van der Waals surface area contributed by atoms with Crippen LogP contribution in [0, 0.1) is 0 Å². The highest BCUT2D eigenvalue weighted by Gasteiger charge is 2.27. The molecule has 2 N–H and O–H groups in total. The second kappa shape index (κ2) is 7.06. The summed E-state index contributed by atoms with van der Waals surface area (Å²) in [6, 6.07) is -0.416. The Bertz CT molecular complexity index is 399. The zero-order valence-corrected chi connectivity index (χ0v) is 12.3. The van der Waals surface area contributed by atoms with Crippen LogP contribution in [0.2, 0.25) is 0 Å². The van der Waals surface area contributed by atoms with Crippen molar-refractivity contribution in [1.29, 1.82) is 0 Å². The van der Waals surface area contributed by atoms with Gasteiger partial charge in [0.05, 0.1) is 12.9 Å². The number of carbonyl (C=O) groups excluding carboxylic acids is 1. The van der Waals surface area contributed by atoms with E-state index in [1.807, 2.05) is 6.92 Å². The Morgan fingerprint density at radius 2 is 2.21 bits per heavy atom. The minimum absolute atomic E-state index is 0.0820. The summed E-state index contributed by atoms with van der Waals surface area (Å²) in [5.74, 6) is 0. The van der Waals surface area contributed by atoms with Crippen LogP contribution >= 0.6 is 0 Å². The number of aliphatic hydroxyl groups excluding tert-OH is 1. The molecule has 0 radical (unpaired) electrons. The first-order valence-corrected chi connectivity index (χ1v) is 8.34. The van der Waals surface area contributed by atoms with Gasteiger partial charge in [-0.1, -0.05) is 0 Å². The fourth-order valence-corrected chi connectivity index (χ4v) is 3.06. The number of piperidine rings is 1. The lowest BCUT2D eigenvalue weighted by Crippen LogP contribution is -2.52. The monoisotopic (exact) mass is 293 g/mol. The van der Waals surface area contributed by atoms with Gasteiger partial charge in [0.25, 0.3) is 0 Å². The number of aliphatic hydroxyl groups is 1. The SMILES string of the molecule is CCN(CCO)C(=O)NC1CCCN(S(C)(=O)=O)C1. The maximum atomic E-state index is 11.9. The second-order valence-electron chi connectivity index (χ2n) is 4.71. The fourth-order valence-electron chi connectivity index (χ4n) is 2.15. The molecule has 0 saturated carbocycles. The van der Waals surface area contributed by atoms with Crippen LogP contribution in [0.4, 0.5) is 4.79 Å². The van der Waals surface area contributed by atoms with Crippen LogP contribution in [0.15, 0.2) is 0 Å². The van der Waals surface area contributed by atoms with Crippen molar-refractivity contribution in [2.24, 2.45) is 0 Å². The number of amides is 2. The van der Waals surface area contributed by atoms with Gasteiger partial charge in [0, 0.05) is 32.2 Å². The number of carbonyl (C=O) groups is 1. The molecule has 1 unspecified atom stereocenters. The number of sulfonamides is 1. The lowest BCUT2D eigenvalue weighted by molar-refractivity contribution is 0.171. The Morgan fingerprint density at radius 1 is 1.53 bits per heavy atom. The van der Waals surface area contributed by atoms with Gasteiger partial charge >= 0.3 is 6.03 Å². The van der Waals surface area contributed by atoms with Gasteiger partial charge < -0.3 is 15.3 Å². The lowest BCUT2D eigenvalue weighted by atomic mass is 10.1. The smallest absolute Gasteiger partial charge is 0.317 e. The van der Waals surface area contributed by atoms with Gasteiger partial charge in [-0.3, -0.25) is 0 Å². The molecule has 1 atom stereocenters. The minimum atomic E-state index is -3.20. The maximum Gasteiger partial charge on any atom is 0.317 e. The van der Waals surface area contributed by atoms with Crippen LogP contribution in [0.5, 0.6) is 0 Å². The van der Waals surface area contributed by atoms with Gasteiger partial charge in [-0.15, -0.1) is 0 Å². The van der Waals surface area contributed by atoms with E-state index in [1.165, 1.54) is 15.5 Å². The molecular formula is C11H23N3O4S. The number of nitrogens with one attached hydrogen (secondary N) is 1. The Kier molecular flexibility index (Phi) is 6.02. The second-order valence-corrected chi connectivity index (χ2v) is 6.70. The van der Waals surface area contributed by atoms with Gasteiger partial charge in [0.15, 0.2) is 0 Å². The zero-order valence-electron chi connectivity index (χ0n) is 11.5. The van der Waals surface area contributed by atoms with Crippen LogP contribution in [-0.4, -0.2) is 73.8 Å². The highest BCUT2D eigenvalue weighted by molar-refractivity contribution is 7.88. The van der Waals surface area contributed by atoms with Crippen molar-refractivity contribution in [3.8, 4) is 0 Å². The molecule has 1 aliphatic heterocycles. The molecule has 1 heterocycles. The molecule has 0 aliphatic carbocycles. The lowest BCUT2D eigenvalue weighted by Gasteiger charge is -2.32. The molecule has 112 valence electrons. The highest BCUT2D eigenvalue weighted by atomic mass is 32.2. The van der Waals surface area contributed by atoms with E-state index in [9.17, 15) is 13.2 Å². The van der Waals surface area contributed by atoms with Crippen LogP contribution in [0.3, 0.4) is 0 Å². The molecule has 8 heteroatoms. The summed E-state index contributed by atoms with van der Waals surface area (Å²) < 4.78 is 24.4. The molecule has 0 spiro atoms. The average molecular weight is 293 g/mol. The molecule has 2 amide bonds. The molecule has 0 aromatic rings. The average Bonchev–Trinajstić information content (AvgIpc) is 2.35. The summed E-state index contributed by atoms with van der Waals surface area (Å²) in [5, 5.41) is 11.7. The summed E-state index contributed by atoms with van der Waals surface area (Å²) in [7, 11) is -3.20. The predicted molar refractivity (Wildman–Crippen MR) is 72.3 cm³/mol. The molecule has 0 aromatic carbocycles. The van der Waals surface area contributed by atoms with Crippen molar-refractivity contribution in [1.82, 2.24) is 14.5 Å². The van der Waals surface area contributed by atoms with Crippen molar-refractivity contribution in [3.05, 3.63) is 0 Å². The van der Waals surface area contributed by atoms with Crippen molar-refractivity contribution in [2.75, 3.05) is 39.0 Å². The number of nitrogens with zero attached hydrogens (tertiary/aromatic N) is 2. The number of likely N-dealkylation sites (N-methyl/N-ethyl adjacent to an activating group) is 1. The number of hydrogen-bond acceptors (Lipinski definition) is 4. The summed E-state index contributed by atoms with van der Waals surface area (Å²) >= 11 is 0. The Balaban J connectivity index is 2.54. The molecular weight excluding hydrogens is 270 g/mol. The van der Waals surface area contributed by atoms with E-state index in [2.05, 4.69) is 5.32 Å². The summed E-state index contributed by atoms with van der Waals surface area (Å²) in [5.41, 5.74) is 0. The minimum Gasteiger partial charge on any atom is -0.395 e. The standard InChI is InChI=1S/C11H23N3O4S/c1-3-13(7-8-15)11(16)12-10-5-4-6-14(9-10)19(2,17)18/h10,15H,3-9H2,1-2H3,(H,12,16). The molecule has 7 nitrogen and oxygen atoms in total. The van der Waals surface area contributed by atoms with Crippen LogP contribution in [-0.2, 0) is 10.0 Å². The van der Waals surface area contributed by atoms with Gasteiger partial charge in [0.2, 0.25) is 10.0 Å². The van der Waals surface area contributed by atoms with Gasteiger partial charge in [0.1, 0.15) is 0 Å². The molecule has 1 saturated heterocycles. The van der Waals surface area contributed by atoms with E-state index in [-0.39, 0.29) is 25.2 Å². The number of rotatable bonds is 5. The quantitative estimate of drug-likeness (QED) is 0.710. The third-order valence-electron chi connectivity index (χ3n) is 3.22. The molecule has 19 heavy (non-hydrogen) atoms. The summed E-state index contributed by atoms with van der Waals surface area (Å²) in [6.07, 6.45) is 2.69. The Labute approximate surface area is 114 Å². The van der Waals surface area contributed by atoms with Gasteiger partial charge in [-0.25, -0.2) is 17.5 Å². The molecule has 1 aliphatic rings. The van der Waals surface area contributed by atoms with Crippen LogP contribution in [0.1, 0.15) is 19.8 Å². The molecule has 1 rings (SSSR count). The van der Waals surface area contributed by atoms with E-state index in [1.54, 1.807) is 0 Å². The third-order valence-corrected chi connectivity index (χ3v) is 4.49. The zero-order chi connectivity index (χ0) is 14.5. The molecule has 1 fully saturated rings. The Morgan fingerprint density at radius 3 is 2.74 bits per heavy atom. The first-order chi connectivity index (χ1) is 8.88. The number of hydrogen-bond donors (Lipinski definition) is 2. The third kappa shape index (κ3) is 4.96. The van der Waals surface area contributed by atoms with E-state index < -0.39 is 10.0 Å². The normalized spacial score (nSPS) is 21.1. The first-order valence-electron chi connectivity index (χ1n) is 6.50. The molecule has 0 aromatic heterocycles. The van der Waals surface area contributed by atoms with Crippen molar-refractivity contribution in [3.63, 3.8) is 0 Å². The largest absolute Gasteiger partial charge is 0.395 e. The van der Waals surface area contributed by atoms with E-state index in [0.717, 1.165) is 12.8 Å². The van der Waals surface area contributed by atoms with Crippen LogP contribution < -0.4 is 5.32 Å². The van der Waals surface area contributed by atoms with Crippen molar-refractivity contribution in [2.45, 2.75) is 25.8 Å². The van der Waals surface area contributed by atoms with Crippen molar-refractivity contribution >= 4 is 16.1 Å². The fraction of sp³-hybridized carbons (Fsp3) is 0.909. The summed E-state index contributed by atoms with van der Waals surface area (Å²) in [4.78, 5) is 13.4. The first kappa shape index (κ1) is 16.2. The number of urea groups is 1. The van der Waals surface area contributed by atoms with E-state index >= 15 is 0 Å². The maximum absolute atomic E-state index is 11.9. The highest BCUT2D eigenvalue weighted by Crippen LogP contribution is 2.13. The topological polar surface area (TPSA) is 89.9 Å². The molecule has 0 bridgehead atoms. The van der Waals surface area contributed by atoms with E-state index in [4.69, 9.17) is 5.11 Å². The van der Waals surface area contributed by atoms with E-state index in [0.29, 0.717) is 19.6 Å². The van der Waals surface area contributed by atoms with Crippen molar-refractivity contribution < 1.29 is 18.3 Å². The van der Waals surface area contributed by atoms with Crippen LogP contribution in [0.25, 0.3) is 0 Å².